The Morgan fingerprint density at radius 2 is 2.45 bits per heavy atom. The average molecular weight is 302 g/mol. The van der Waals surface area contributed by atoms with Crippen LogP contribution in [0.3, 0.4) is 0 Å². The fraction of sp³-hybridized carbons (Fsp3) is 0.538. The molecule has 0 amide bonds. The van der Waals surface area contributed by atoms with Crippen LogP contribution >= 0.6 is 11.6 Å². The summed E-state index contributed by atoms with van der Waals surface area (Å²) < 4.78 is 73.3. The fourth-order valence-corrected chi connectivity index (χ4v) is 2.38. The van der Waals surface area contributed by atoms with E-state index in [1.165, 1.54) is 10.8 Å². The highest BCUT2D eigenvalue weighted by Crippen LogP contribution is 2.39. The van der Waals surface area contributed by atoms with Gasteiger partial charge in [-0.25, -0.2) is 4.98 Å². The lowest BCUT2D eigenvalue weighted by atomic mass is 10.1. The van der Waals surface area contributed by atoms with Gasteiger partial charge in [0.15, 0.2) is 11.6 Å². The Hall–Kier alpha value is -1.69. The van der Waals surface area contributed by atoms with Crippen molar-refractivity contribution >= 4 is 17.4 Å². The monoisotopic (exact) mass is 301 g/mol. The van der Waals surface area contributed by atoms with Crippen molar-refractivity contribution in [2.24, 2.45) is 0 Å². The van der Waals surface area contributed by atoms with Crippen LogP contribution in [0.5, 0.6) is 0 Å². The Kier molecular flexibility index (Phi) is 1.50. The number of nitrogens with zero attached hydrogens (tertiary/aromatic N) is 6. The van der Waals surface area contributed by atoms with Crippen molar-refractivity contribution in [3.05, 3.63) is 23.1 Å². The van der Waals surface area contributed by atoms with Crippen LogP contribution in [0.1, 0.15) is 57.0 Å². The second-order valence-corrected chi connectivity index (χ2v) is 4.63. The number of fused-ring (bicyclic) bond motifs is 3. The number of halogens is 1. The zero-order valence-electron chi connectivity index (χ0n) is 19.7. The highest BCUT2D eigenvalue weighted by Gasteiger charge is 2.35. The van der Waals surface area contributed by atoms with Crippen molar-refractivity contribution in [1.82, 2.24) is 24.7 Å². The Morgan fingerprint density at radius 3 is 3.20 bits per heavy atom. The molecule has 1 aliphatic heterocycles. The SMILES string of the molecule is [2H]C([2H])([2H])C([2H])([2H])C1c2nnc(C)n2-c2cnc(Cl)nc2N1C([2H])(C)C([2H])([2H])[2H]. The first-order valence-electron chi connectivity index (χ1n) is 10.3. The molecule has 0 fully saturated rings. The predicted molar refractivity (Wildman–Crippen MR) is 77.3 cm³/mol. The quantitative estimate of drug-likeness (QED) is 0.798. The first-order chi connectivity index (χ1) is 13.0. The van der Waals surface area contributed by atoms with Crippen LogP contribution in [-0.4, -0.2) is 30.8 Å². The number of hydrogen-bond donors (Lipinski definition) is 0. The van der Waals surface area contributed by atoms with Crippen LogP contribution in [0.15, 0.2) is 6.20 Å². The van der Waals surface area contributed by atoms with Gasteiger partial charge in [0.05, 0.1) is 13.6 Å². The summed E-state index contributed by atoms with van der Waals surface area (Å²) >= 11 is 5.90. The van der Waals surface area contributed by atoms with Crippen molar-refractivity contribution in [1.29, 1.82) is 0 Å². The second-order valence-electron chi connectivity index (χ2n) is 4.29. The van der Waals surface area contributed by atoms with Gasteiger partial charge < -0.3 is 4.90 Å². The predicted octanol–water partition coefficient (Wildman–Crippen LogP) is 2.70. The van der Waals surface area contributed by atoms with Crippen molar-refractivity contribution in [3.8, 4) is 5.69 Å². The molecule has 2 aromatic rings. The molecule has 20 heavy (non-hydrogen) atoms. The molecule has 2 aromatic heterocycles. The summed E-state index contributed by atoms with van der Waals surface area (Å²) in [4.78, 5) is 8.69. The molecule has 6 nitrogen and oxygen atoms in total. The van der Waals surface area contributed by atoms with E-state index in [0.29, 0.717) is 0 Å². The largest absolute Gasteiger partial charge is 0.342 e. The highest BCUT2D eigenvalue weighted by atomic mass is 35.5. The standard InChI is InChI=1S/C13H17ClN6/c1-5-9-12-18-17-8(4)20(12)10-6-15-13(14)16-11(10)19(9)7(2)3/h6-7,9H,5H2,1-4H3/i1D3,2D3,5D2,7D. The van der Waals surface area contributed by atoms with Crippen molar-refractivity contribution in [2.45, 2.75) is 46.0 Å². The first-order valence-corrected chi connectivity index (χ1v) is 6.14. The number of aryl methyl sites for hydroxylation is 1. The Morgan fingerprint density at radius 1 is 1.60 bits per heavy atom. The number of rotatable bonds is 2. The molecule has 0 radical (unpaired) electrons. The van der Waals surface area contributed by atoms with Crippen LogP contribution in [0.25, 0.3) is 5.69 Å². The molecule has 0 saturated heterocycles. The zero-order chi connectivity index (χ0) is 22.2. The van der Waals surface area contributed by atoms with E-state index in [9.17, 15) is 0 Å². The normalized spacial score (nSPS) is 28.9. The number of anilines is 1. The van der Waals surface area contributed by atoms with Gasteiger partial charge in [-0.05, 0) is 38.7 Å². The Balaban J connectivity index is 2.44. The van der Waals surface area contributed by atoms with E-state index in [4.69, 9.17) is 23.9 Å². The molecule has 106 valence electrons. The van der Waals surface area contributed by atoms with E-state index in [1.54, 1.807) is 6.92 Å². The summed E-state index contributed by atoms with van der Waals surface area (Å²) in [5.41, 5.74) is 0.159. The summed E-state index contributed by atoms with van der Waals surface area (Å²) in [6.07, 6.45) is -1.76. The molecular weight excluding hydrogens is 276 g/mol. The van der Waals surface area contributed by atoms with Gasteiger partial charge in [0, 0.05) is 17.0 Å². The second kappa shape index (κ2) is 4.70. The fourth-order valence-electron chi connectivity index (χ4n) is 2.25. The first kappa shape index (κ1) is 6.39. The van der Waals surface area contributed by atoms with Gasteiger partial charge >= 0.3 is 0 Å². The molecule has 1 aliphatic rings. The van der Waals surface area contributed by atoms with Crippen molar-refractivity contribution in [3.63, 3.8) is 0 Å². The molecular formula is C13H17ClN6. The highest BCUT2D eigenvalue weighted by molar-refractivity contribution is 6.28. The lowest BCUT2D eigenvalue weighted by Crippen LogP contribution is -2.40. The molecule has 0 aliphatic carbocycles. The van der Waals surface area contributed by atoms with Gasteiger partial charge in [-0.3, -0.25) is 4.57 Å². The lowest BCUT2D eigenvalue weighted by molar-refractivity contribution is 0.496. The van der Waals surface area contributed by atoms with Crippen LogP contribution in [0, 0.1) is 6.92 Å². The Labute approximate surface area is 135 Å². The van der Waals surface area contributed by atoms with E-state index in [2.05, 4.69) is 20.2 Å². The van der Waals surface area contributed by atoms with Crippen molar-refractivity contribution in [2.75, 3.05) is 4.90 Å². The van der Waals surface area contributed by atoms with Crippen LogP contribution < -0.4 is 4.90 Å². The maximum atomic E-state index is 8.59. The lowest BCUT2D eigenvalue weighted by Gasteiger charge is -2.39. The summed E-state index contributed by atoms with van der Waals surface area (Å²) in [6.45, 7) is -3.57. The molecule has 2 atom stereocenters. The molecule has 3 heterocycles. The molecule has 0 bridgehead atoms. The van der Waals surface area contributed by atoms with Gasteiger partial charge in [-0.15, -0.1) is 10.2 Å². The maximum absolute atomic E-state index is 8.59. The van der Waals surface area contributed by atoms with E-state index < -0.39 is 32.1 Å². The van der Waals surface area contributed by atoms with Crippen LogP contribution in [-0.2, 0) is 0 Å². The number of aromatic nitrogens is 5. The number of hydrogen-bond acceptors (Lipinski definition) is 5. The molecule has 0 N–H and O–H groups in total. The van der Waals surface area contributed by atoms with Crippen LogP contribution in [0.2, 0.25) is 5.28 Å². The van der Waals surface area contributed by atoms with Gasteiger partial charge in [0.2, 0.25) is 5.28 Å². The Bertz CT molecular complexity index is 951. The third kappa shape index (κ3) is 1.78. The molecule has 2 unspecified atom stereocenters. The molecule has 3 rings (SSSR count). The van der Waals surface area contributed by atoms with E-state index in [-0.39, 0.29) is 28.4 Å². The third-order valence-electron chi connectivity index (χ3n) is 3.04. The van der Waals surface area contributed by atoms with Gasteiger partial charge in [0.25, 0.3) is 0 Å². The van der Waals surface area contributed by atoms with Gasteiger partial charge in [0.1, 0.15) is 11.5 Å². The minimum atomic E-state index is -3.18. The average Bonchev–Trinajstić information content (AvgIpc) is 2.92. The smallest absolute Gasteiger partial charge is 0.224 e. The zero-order valence-corrected chi connectivity index (χ0v) is 11.5. The van der Waals surface area contributed by atoms with Gasteiger partial charge in [-0.2, -0.15) is 4.98 Å². The van der Waals surface area contributed by atoms with E-state index in [1.807, 2.05) is 0 Å². The molecule has 0 spiro atoms. The van der Waals surface area contributed by atoms with Crippen molar-refractivity contribution < 1.29 is 12.3 Å². The maximum Gasteiger partial charge on any atom is 0.224 e. The van der Waals surface area contributed by atoms with Gasteiger partial charge in [-0.1, -0.05) is 6.85 Å². The summed E-state index contributed by atoms with van der Waals surface area (Å²) in [7, 11) is 0. The van der Waals surface area contributed by atoms with E-state index >= 15 is 0 Å². The third-order valence-corrected chi connectivity index (χ3v) is 3.22. The molecule has 0 aromatic carbocycles. The summed E-state index contributed by atoms with van der Waals surface area (Å²) in [5, 5.41) is 7.52. The van der Waals surface area contributed by atoms with Crippen LogP contribution in [0.4, 0.5) is 5.82 Å². The molecule has 7 heteroatoms. The summed E-state index contributed by atoms with van der Waals surface area (Å²) in [6, 6.07) is -4.31. The minimum absolute atomic E-state index is 0.159. The van der Waals surface area contributed by atoms with E-state index in [0.717, 1.165) is 11.8 Å². The molecule has 0 saturated carbocycles. The summed E-state index contributed by atoms with van der Waals surface area (Å²) in [5.74, 6) is -0.101. The minimum Gasteiger partial charge on any atom is -0.342 e. The topological polar surface area (TPSA) is 59.7 Å².